The van der Waals surface area contributed by atoms with Crippen molar-refractivity contribution in [2.45, 2.75) is 57.2 Å². The lowest BCUT2D eigenvalue weighted by Crippen LogP contribution is -2.52. The van der Waals surface area contributed by atoms with Crippen molar-refractivity contribution in [3.05, 3.63) is 78.5 Å². The maximum atomic E-state index is 11.1. The van der Waals surface area contributed by atoms with Crippen LogP contribution >= 0.6 is 0 Å². The Bertz CT molecular complexity index is 1220. The smallest absolute Gasteiger partial charge is 0.161 e. The van der Waals surface area contributed by atoms with E-state index in [1.54, 1.807) is 7.11 Å². The summed E-state index contributed by atoms with van der Waals surface area (Å²) < 4.78 is 13.4. The number of hydrogen-bond donors (Lipinski definition) is 2. The maximum Gasteiger partial charge on any atom is 0.161 e. The van der Waals surface area contributed by atoms with Crippen LogP contribution < -0.4 is 14.8 Å². The van der Waals surface area contributed by atoms with Crippen molar-refractivity contribution in [3.63, 3.8) is 0 Å². The van der Waals surface area contributed by atoms with Gasteiger partial charge in [-0.1, -0.05) is 12.1 Å². The molecule has 0 aliphatic carbocycles. The molecule has 5 rings (SSSR count). The lowest BCUT2D eigenvalue weighted by Gasteiger charge is -2.47. The molecule has 2 aromatic carbocycles. The molecule has 1 aromatic heterocycles. The summed E-state index contributed by atoms with van der Waals surface area (Å²) in [6.45, 7) is 12.8. The van der Waals surface area contributed by atoms with Crippen LogP contribution in [0.1, 0.15) is 50.4 Å². The van der Waals surface area contributed by atoms with Gasteiger partial charge in [-0.15, -0.1) is 0 Å². The molecule has 36 heavy (non-hydrogen) atoms. The van der Waals surface area contributed by atoms with E-state index in [9.17, 15) is 5.11 Å². The zero-order valence-electron chi connectivity index (χ0n) is 21.9. The van der Waals surface area contributed by atoms with Crippen molar-refractivity contribution in [1.29, 1.82) is 0 Å². The second-order valence-electron chi connectivity index (χ2n) is 10.7. The molecule has 1 saturated heterocycles. The van der Waals surface area contributed by atoms with Gasteiger partial charge in [-0.3, -0.25) is 4.90 Å². The molecule has 1 spiro atoms. The van der Waals surface area contributed by atoms with E-state index in [1.807, 2.05) is 25.1 Å². The van der Waals surface area contributed by atoms with Gasteiger partial charge in [-0.2, -0.15) is 0 Å². The highest BCUT2D eigenvalue weighted by Gasteiger charge is 2.42. The second kappa shape index (κ2) is 9.41. The highest BCUT2D eigenvalue weighted by Crippen LogP contribution is 2.44. The van der Waals surface area contributed by atoms with E-state index in [-0.39, 0.29) is 11.0 Å². The molecule has 2 N–H and O–H groups in total. The number of nitrogens with one attached hydrogen (secondary N) is 1. The van der Waals surface area contributed by atoms with Crippen LogP contribution in [0.25, 0.3) is 5.69 Å². The van der Waals surface area contributed by atoms with Crippen LogP contribution in [0.5, 0.6) is 11.5 Å². The molecule has 6 heteroatoms. The fraction of sp³-hybridized carbons (Fsp3) is 0.433. The van der Waals surface area contributed by atoms with Crippen LogP contribution in [0.2, 0.25) is 0 Å². The van der Waals surface area contributed by atoms with Gasteiger partial charge in [0.25, 0.3) is 0 Å². The number of ether oxygens (including phenoxy) is 2. The Morgan fingerprint density at radius 3 is 2.58 bits per heavy atom. The van der Waals surface area contributed by atoms with Crippen LogP contribution in [0.4, 0.5) is 5.69 Å². The minimum Gasteiger partial charge on any atom is -0.493 e. The molecule has 190 valence electrons. The molecule has 0 saturated carbocycles. The van der Waals surface area contributed by atoms with E-state index in [4.69, 9.17) is 9.47 Å². The van der Waals surface area contributed by atoms with Crippen molar-refractivity contribution < 1.29 is 14.6 Å². The standard InChI is InChI=1S/C30H38N3O3/c1-6-36-25-12-9-21(18-26(25)35-5)19-28(34)32-16-13-30(14-17-32)27-8-7-15-33(27)24-20-22(29(2,3)4)10-11-23(24)31-30/h7-12,15,18,20,28,31,34H,2,6,13-14,16-17,19H2,1,3-5H3/q+1. The number of aromatic nitrogens is 1. The van der Waals surface area contributed by atoms with Crippen LogP contribution in [0.3, 0.4) is 0 Å². The van der Waals surface area contributed by atoms with E-state index in [0.717, 1.165) is 42.9 Å². The van der Waals surface area contributed by atoms with Gasteiger partial charge in [-0.25, -0.2) is 0 Å². The van der Waals surface area contributed by atoms with Crippen molar-refractivity contribution in [1.82, 2.24) is 9.47 Å². The molecular formula is C30H38N3O3+. The first-order valence-electron chi connectivity index (χ1n) is 12.9. The Morgan fingerprint density at radius 2 is 1.89 bits per heavy atom. The summed E-state index contributed by atoms with van der Waals surface area (Å²) in [4.78, 5) is 2.19. The molecule has 0 radical (unpaired) electrons. The van der Waals surface area contributed by atoms with Gasteiger partial charge in [0.05, 0.1) is 37.6 Å². The van der Waals surface area contributed by atoms with Gasteiger partial charge in [-0.05, 0) is 75.6 Å². The fourth-order valence-electron chi connectivity index (χ4n) is 5.60. The van der Waals surface area contributed by atoms with Gasteiger partial charge < -0.3 is 24.5 Å². The molecule has 3 aromatic rings. The normalized spacial score (nSPS) is 17.7. The van der Waals surface area contributed by atoms with E-state index < -0.39 is 6.23 Å². The summed E-state index contributed by atoms with van der Waals surface area (Å²) in [7, 11) is 1.65. The summed E-state index contributed by atoms with van der Waals surface area (Å²) in [5.74, 6) is 1.44. The molecule has 0 amide bonds. The largest absolute Gasteiger partial charge is 0.493 e. The van der Waals surface area contributed by atoms with Crippen molar-refractivity contribution in [2.24, 2.45) is 0 Å². The number of benzene rings is 2. The number of aliphatic hydroxyl groups excluding tert-OH is 1. The van der Waals surface area contributed by atoms with Gasteiger partial charge in [0.15, 0.2) is 11.5 Å². The summed E-state index contributed by atoms with van der Waals surface area (Å²) in [6.07, 6.45) is 4.00. The third kappa shape index (κ3) is 4.44. The average Bonchev–Trinajstić information content (AvgIpc) is 3.36. The molecule has 0 bridgehead atoms. The quantitative estimate of drug-likeness (QED) is 0.444. The lowest BCUT2D eigenvalue weighted by atomic mass is 9.81. The number of aliphatic hydroxyl groups is 1. The number of hydrogen-bond acceptors (Lipinski definition) is 5. The number of methoxy groups -OCH3 is 1. The van der Waals surface area contributed by atoms with Crippen LogP contribution in [0.15, 0.2) is 54.7 Å². The van der Waals surface area contributed by atoms with E-state index in [1.165, 1.54) is 16.9 Å². The summed E-state index contributed by atoms with van der Waals surface area (Å²) in [5, 5.41) is 15.0. The molecular weight excluding hydrogens is 450 g/mol. The summed E-state index contributed by atoms with van der Waals surface area (Å²) in [5.41, 5.74) is 5.60. The van der Waals surface area contributed by atoms with Crippen LogP contribution in [-0.4, -0.2) is 47.6 Å². The maximum absolute atomic E-state index is 11.1. The number of fused-ring (bicyclic) bond motifs is 4. The number of anilines is 1. The number of nitrogens with zero attached hydrogens (tertiary/aromatic N) is 2. The fourth-order valence-corrected chi connectivity index (χ4v) is 5.60. The number of rotatable bonds is 7. The topological polar surface area (TPSA) is 58.9 Å². The van der Waals surface area contributed by atoms with Crippen LogP contribution in [-0.2, 0) is 17.4 Å². The summed E-state index contributed by atoms with van der Waals surface area (Å²) >= 11 is 0. The van der Waals surface area contributed by atoms with Gasteiger partial charge >= 0.3 is 0 Å². The highest BCUT2D eigenvalue weighted by atomic mass is 16.5. The van der Waals surface area contributed by atoms with Crippen molar-refractivity contribution >= 4 is 5.69 Å². The SMILES string of the molecule is [CH2+]C(C)(C)c1ccc2c(c1)-n1cccc1C1(CCN(C(O)Cc3ccc(OCC)c(OC)c3)CC1)N2. The van der Waals surface area contributed by atoms with Crippen molar-refractivity contribution in [2.75, 3.05) is 32.1 Å². The lowest BCUT2D eigenvalue weighted by molar-refractivity contribution is -0.0189. The zero-order chi connectivity index (χ0) is 25.5. The molecule has 1 fully saturated rings. The Labute approximate surface area is 214 Å². The van der Waals surface area contributed by atoms with Crippen LogP contribution in [0, 0.1) is 6.92 Å². The molecule has 2 aliphatic rings. The van der Waals surface area contributed by atoms with E-state index >= 15 is 0 Å². The molecule has 1 atom stereocenters. The third-order valence-electron chi connectivity index (χ3n) is 7.67. The van der Waals surface area contributed by atoms with Gasteiger partial charge in [0, 0.05) is 37.0 Å². The minimum absolute atomic E-state index is 0.142. The number of piperidine rings is 1. The summed E-state index contributed by atoms with van der Waals surface area (Å²) in [6, 6.07) is 16.9. The van der Waals surface area contributed by atoms with E-state index in [0.29, 0.717) is 18.8 Å². The minimum atomic E-state index is -0.547. The predicted octanol–water partition coefficient (Wildman–Crippen LogP) is 5.27. The van der Waals surface area contributed by atoms with Gasteiger partial charge in [0.2, 0.25) is 0 Å². The Balaban J connectivity index is 1.30. The number of likely N-dealkylation sites (tertiary alicyclic amines) is 1. The first-order chi connectivity index (χ1) is 17.2. The Kier molecular flexibility index (Phi) is 6.43. The molecule has 3 heterocycles. The molecule has 1 unspecified atom stereocenters. The second-order valence-corrected chi connectivity index (χ2v) is 10.7. The Hall–Kier alpha value is -3.09. The predicted molar refractivity (Wildman–Crippen MR) is 144 cm³/mol. The molecule has 2 aliphatic heterocycles. The Morgan fingerprint density at radius 1 is 1.11 bits per heavy atom. The zero-order valence-corrected chi connectivity index (χ0v) is 21.9. The molecule has 6 nitrogen and oxygen atoms in total. The van der Waals surface area contributed by atoms with Gasteiger partial charge in [0.1, 0.15) is 11.6 Å². The monoisotopic (exact) mass is 488 g/mol. The average molecular weight is 489 g/mol. The first-order valence-corrected chi connectivity index (χ1v) is 12.9. The van der Waals surface area contributed by atoms with Crippen molar-refractivity contribution in [3.8, 4) is 17.2 Å². The third-order valence-corrected chi connectivity index (χ3v) is 7.67. The highest BCUT2D eigenvalue weighted by molar-refractivity contribution is 5.68. The first kappa shape index (κ1) is 24.6. The van der Waals surface area contributed by atoms with E-state index in [2.05, 4.69) is 72.1 Å².